The Bertz CT molecular complexity index is 456. The first-order valence-electron chi connectivity index (χ1n) is 6.20. The maximum Gasteiger partial charge on any atom is 0.108 e. The molecule has 0 amide bonds. The van der Waals surface area contributed by atoms with Gasteiger partial charge in [0.2, 0.25) is 0 Å². The molecule has 0 aliphatic heterocycles. The zero-order valence-corrected chi connectivity index (χ0v) is 13.8. The molecule has 0 aliphatic rings. The molecule has 1 aromatic heterocycles. The summed E-state index contributed by atoms with van der Waals surface area (Å²) >= 11 is 3.29. The van der Waals surface area contributed by atoms with Crippen molar-refractivity contribution in [2.45, 2.75) is 50.4 Å². The van der Waals surface area contributed by atoms with Gasteiger partial charge in [-0.15, -0.1) is 0 Å². The molecule has 0 fully saturated rings. The van der Waals surface area contributed by atoms with E-state index in [1.165, 1.54) is 0 Å². The Hall–Kier alpha value is -0.330. The number of pyridine rings is 1. The lowest BCUT2D eigenvalue weighted by Gasteiger charge is -2.28. The SMILES string of the molecule is CC[C@@H](F)[C@H](CC(C)(C)S(N)=O)c1cccc(Br)n1. The summed E-state index contributed by atoms with van der Waals surface area (Å²) in [7, 11) is -1.50. The van der Waals surface area contributed by atoms with E-state index in [9.17, 15) is 8.60 Å². The van der Waals surface area contributed by atoms with Crippen LogP contribution in [0, 0.1) is 0 Å². The van der Waals surface area contributed by atoms with Crippen LogP contribution in [-0.2, 0) is 11.0 Å². The van der Waals surface area contributed by atoms with Crippen molar-refractivity contribution in [3.05, 3.63) is 28.5 Å². The van der Waals surface area contributed by atoms with E-state index < -0.39 is 27.8 Å². The number of nitrogens with zero attached hydrogens (tertiary/aromatic N) is 1. The summed E-state index contributed by atoms with van der Waals surface area (Å²) in [5.74, 6) is -0.398. The van der Waals surface area contributed by atoms with Crippen LogP contribution in [0.2, 0.25) is 0 Å². The van der Waals surface area contributed by atoms with Gasteiger partial charge in [0, 0.05) is 11.6 Å². The van der Waals surface area contributed by atoms with Gasteiger partial charge in [-0.2, -0.15) is 0 Å². The van der Waals surface area contributed by atoms with Gasteiger partial charge in [0.1, 0.15) is 10.8 Å². The standard InChI is InChI=1S/C13H20BrFN2OS/c1-4-10(15)9(8-13(2,3)19(16)18)11-6-5-7-12(14)17-11/h5-7,9-10H,4,8,16H2,1-3H3/t9-,10+,19?/m0/s1. The predicted octanol–water partition coefficient (Wildman–Crippen LogP) is 3.47. The molecule has 0 aromatic carbocycles. The molecule has 1 aromatic rings. The third-order valence-corrected chi connectivity index (χ3v) is 4.90. The van der Waals surface area contributed by atoms with Gasteiger partial charge in [0.05, 0.1) is 15.7 Å². The summed E-state index contributed by atoms with van der Waals surface area (Å²) in [6.07, 6.45) is -0.231. The molecule has 0 aliphatic carbocycles. The largest absolute Gasteiger partial charge is 0.251 e. The molecule has 0 saturated heterocycles. The molecule has 6 heteroatoms. The highest BCUT2D eigenvalue weighted by Gasteiger charge is 2.33. The van der Waals surface area contributed by atoms with Crippen LogP contribution in [0.4, 0.5) is 4.39 Å². The highest BCUT2D eigenvalue weighted by atomic mass is 79.9. The third kappa shape index (κ3) is 4.61. The molecular weight excluding hydrogens is 331 g/mol. The number of hydrogen-bond acceptors (Lipinski definition) is 2. The fourth-order valence-corrected chi connectivity index (χ4v) is 2.65. The molecule has 108 valence electrons. The van der Waals surface area contributed by atoms with Crippen molar-refractivity contribution in [1.29, 1.82) is 0 Å². The van der Waals surface area contributed by atoms with Gasteiger partial charge in [-0.3, -0.25) is 5.14 Å². The Morgan fingerprint density at radius 1 is 1.53 bits per heavy atom. The van der Waals surface area contributed by atoms with Gasteiger partial charge in [0.25, 0.3) is 0 Å². The molecule has 3 nitrogen and oxygen atoms in total. The molecular formula is C13H20BrFN2OS. The first-order valence-corrected chi connectivity index (χ1v) is 8.21. The van der Waals surface area contributed by atoms with Crippen LogP contribution in [0.3, 0.4) is 0 Å². The van der Waals surface area contributed by atoms with Crippen LogP contribution in [-0.4, -0.2) is 20.1 Å². The summed E-state index contributed by atoms with van der Waals surface area (Å²) in [5.41, 5.74) is 0.669. The smallest absolute Gasteiger partial charge is 0.108 e. The Kier molecular flexibility index (Phi) is 6.08. The van der Waals surface area contributed by atoms with E-state index in [-0.39, 0.29) is 0 Å². The fraction of sp³-hybridized carbons (Fsp3) is 0.615. The van der Waals surface area contributed by atoms with E-state index in [0.717, 1.165) is 0 Å². The van der Waals surface area contributed by atoms with E-state index >= 15 is 0 Å². The Morgan fingerprint density at radius 3 is 2.63 bits per heavy atom. The Morgan fingerprint density at radius 2 is 2.16 bits per heavy atom. The molecule has 0 bridgehead atoms. The van der Waals surface area contributed by atoms with Crippen molar-refractivity contribution >= 4 is 26.9 Å². The number of alkyl halides is 1. The maximum absolute atomic E-state index is 14.2. The van der Waals surface area contributed by atoms with Gasteiger partial charge >= 0.3 is 0 Å². The van der Waals surface area contributed by atoms with Crippen LogP contribution in [0.5, 0.6) is 0 Å². The minimum Gasteiger partial charge on any atom is -0.251 e. The minimum absolute atomic E-state index is 0.395. The number of rotatable bonds is 6. The first-order chi connectivity index (χ1) is 8.77. The van der Waals surface area contributed by atoms with Crippen molar-refractivity contribution in [3.8, 4) is 0 Å². The molecule has 1 rings (SSSR count). The van der Waals surface area contributed by atoms with E-state index in [1.807, 2.05) is 6.07 Å². The zero-order valence-electron chi connectivity index (χ0n) is 11.4. The predicted molar refractivity (Wildman–Crippen MR) is 80.9 cm³/mol. The van der Waals surface area contributed by atoms with E-state index in [1.54, 1.807) is 32.9 Å². The quantitative estimate of drug-likeness (QED) is 0.798. The van der Waals surface area contributed by atoms with E-state index in [2.05, 4.69) is 20.9 Å². The Labute approximate surface area is 124 Å². The molecule has 1 unspecified atom stereocenters. The molecule has 2 N–H and O–H groups in total. The van der Waals surface area contributed by atoms with Crippen molar-refractivity contribution in [2.24, 2.45) is 5.14 Å². The fourth-order valence-electron chi connectivity index (χ4n) is 1.94. The molecule has 0 saturated carbocycles. The Balaban J connectivity index is 3.06. The average molecular weight is 351 g/mol. The van der Waals surface area contributed by atoms with Gasteiger partial charge in [-0.1, -0.05) is 13.0 Å². The van der Waals surface area contributed by atoms with E-state index in [0.29, 0.717) is 23.1 Å². The van der Waals surface area contributed by atoms with Gasteiger partial charge < -0.3 is 0 Å². The third-order valence-electron chi connectivity index (χ3n) is 3.20. The summed E-state index contributed by atoms with van der Waals surface area (Å²) in [6.45, 7) is 5.37. The van der Waals surface area contributed by atoms with Crippen molar-refractivity contribution in [3.63, 3.8) is 0 Å². The van der Waals surface area contributed by atoms with Crippen molar-refractivity contribution in [2.75, 3.05) is 0 Å². The summed E-state index contributed by atoms with van der Waals surface area (Å²) in [4.78, 5) is 4.32. The summed E-state index contributed by atoms with van der Waals surface area (Å²) in [5, 5.41) is 5.49. The lowest BCUT2D eigenvalue weighted by molar-refractivity contribution is 0.250. The van der Waals surface area contributed by atoms with Crippen LogP contribution < -0.4 is 5.14 Å². The van der Waals surface area contributed by atoms with Crippen molar-refractivity contribution in [1.82, 2.24) is 4.98 Å². The number of nitrogens with two attached hydrogens (primary N) is 1. The summed E-state index contributed by atoms with van der Waals surface area (Å²) in [6, 6.07) is 5.42. The molecule has 1 heterocycles. The summed E-state index contributed by atoms with van der Waals surface area (Å²) < 4.78 is 25.8. The van der Waals surface area contributed by atoms with Gasteiger partial charge in [-0.25, -0.2) is 13.6 Å². The normalized spacial score (nSPS) is 16.9. The number of hydrogen-bond donors (Lipinski definition) is 1. The monoisotopic (exact) mass is 350 g/mol. The topological polar surface area (TPSA) is 56.0 Å². The van der Waals surface area contributed by atoms with Crippen molar-refractivity contribution < 1.29 is 8.60 Å². The van der Waals surface area contributed by atoms with Crippen LogP contribution in [0.15, 0.2) is 22.8 Å². The number of halogens is 2. The highest BCUT2D eigenvalue weighted by Crippen LogP contribution is 2.33. The van der Waals surface area contributed by atoms with Crippen LogP contribution in [0.25, 0.3) is 0 Å². The average Bonchev–Trinajstić information content (AvgIpc) is 2.35. The lowest BCUT2D eigenvalue weighted by Crippen LogP contribution is -2.35. The maximum atomic E-state index is 14.2. The molecule has 0 radical (unpaired) electrons. The zero-order chi connectivity index (χ0) is 14.6. The highest BCUT2D eigenvalue weighted by molar-refractivity contribution is 9.10. The van der Waals surface area contributed by atoms with Gasteiger partial charge in [-0.05, 0) is 54.8 Å². The number of aromatic nitrogens is 1. The minimum atomic E-state index is -1.50. The second-order valence-electron chi connectivity index (χ2n) is 5.18. The second-order valence-corrected chi connectivity index (χ2v) is 7.69. The van der Waals surface area contributed by atoms with Crippen LogP contribution >= 0.6 is 15.9 Å². The lowest BCUT2D eigenvalue weighted by atomic mass is 9.88. The van der Waals surface area contributed by atoms with Gasteiger partial charge in [0.15, 0.2) is 0 Å². The van der Waals surface area contributed by atoms with E-state index in [4.69, 9.17) is 5.14 Å². The second kappa shape index (κ2) is 6.90. The molecule has 0 spiro atoms. The molecule has 19 heavy (non-hydrogen) atoms. The molecule has 3 atom stereocenters. The van der Waals surface area contributed by atoms with Crippen LogP contribution in [0.1, 0.15) is 45.2 Å². The first kappa shape index (κ1) is 16.7.